The predicted octanol–water partition coefficient (Wildman–Crippen LogP) is 1.76. The molecule has 3 heterocycles. The van der Waals surface area contributed by atoms with Crippen LogP contribution >= 0.6 is 0 Å². The van der Waals surface area contributed by atoms with Crippen LogP contribution in [0.1, 0.15) is 39.5 Å². The zero-order chi connectivity index (χ0) is 17.4. The minimum Gasteiger partial charge on any atom is -0.462 e. The summed E-state index contributed by atoms with van der Waals surface area (Å²) in [5.41, 5.74) is 0.222. The van der Waals surface area contributed by atoms with E-state index in [4.69, 9.17) is 9.47 Å². The molecule has 5 fully saturated rings. The first-order valence-electron chi connectivity index (χ1n) is 10.2. The Labute approximate surface area is 151 Å². The molecule has 5 heteroatoms. The van der Waals surface area contributed by atoms with Crippen LogP contribution in [0.3, 0.4) is 0 Å². The van der Waals surface area contributed by atoms with E-state index in [0.717, 1.165) is 39.1 Å². The SMILES string of the molecule is CC1CCCC2(C)CC3OC(=O)C(CN4CCN(C)CC4)C3C3OC132. The third-order valence-electron chi connectivity index (χ3n) is 8.24. The van der Waals surface area contributed by atoms with Gasteiger partial charge in [-0.25, -0.2) is 0 Å². The maximum absolute atomic E-state index is 12.7. The lowest BCUT2D eigenvalue weighted by Gasteiger charge is -2.49. The lowest BCUT2D eigenvalue weighted by atomic mass is 9.53. The summed E-state index contributed by atoms with van der Waals surface area (Å²) in [6, 6.07) is 0. The smallest absolute Gasteiger partial charge is 0.311 e. The van der Waals surface area contributed by atoms with Crippen LogP contribution in [0, 0.1) is 23.2 Å². The molecule has 25 heavy (non-hydrogen) atoms. The van der Waals surface area contributed by atoms with Crippen molar-refractivity contribution < 1.29 is 14.3 Å². The molecule has 5 rings (SSSR count). The molecule has 5 aliphatic rings. The number of epoxide rings is 1. The first-order valence-corrected chi connectivity index (χ1v) is 10.2. The topological polar surface area (TPSA) is 45.3 Å². The van der Waals surface area contributed by atoms with Gasteiger partial charge in [0.05, 0.1) is 12.0 Å². The van der Waals surface area contributed by atoms with E-state index >= 15 is 0 Å². The van der Waals surface area contributed by atoms with Crippen LogP contribution in [0.2, 0.25) is 0 Å². The first kappa shape index (κ1) is 16.5. The van der Waals surface area contributed by atoms with Crippen molar-refractivity contribution in [2.45, 2.75) is 57.3 Å². The van der Waals surface area contributed by atoms with Gasteiger partial charge >= 0.3 is 5.97 Å². The number of fused-ring (bicyclic) bond motifs is 2. The number of ether oxygens (including phenoxy) is 2. The predicted molar refractivity (Wildman–Crippen MR) is 94.1 cm³/mol. The molecule has 0 aromatic rings. The number of nitrogens with zero attached hydrogens (tertiary/aromatic N) is 2. The molecular formula is C20H32N2O3. The normalized spacial score (nSPS) is 52.9. The molecule has 2 aliphatic carbocycles. The number of carbonyl (C=O) groups is 1. The molecule has 7 atom stereocenters. The van der Waals surface area contributed by atoms with Crippen molar-refractivity contribution in [3.05, 3.63) is 0 Å². The molecule has 0 radical (unpaired) electrons. The molecule has 1 spiro atoms. The molecule has 2 saturated carbocycles. The fourth-order valence-electron chi connectivity index (χ4n) is 6.75. The Morgan fingerprint density at radius 2 is 2.00 bits per heavy atom. The number of esters is 1. The summed E-state index contributed by atoms with van der Waals surface area (Å²) in [5.74, 6) is 0.934. The van der Waals surface area contributed by atoms with Crippen molar-refractivity contribution in [3.63, 3.8) is 0 Å². The van der Waals surface area contributed by atoms with Crippen LogP contribution < -0.4 is 0 Å². The Bertz CT molecular complexity index is 575. The monoisotopic (exact) mass is 348 g/mol. The number of piperazine rings is 1. The third-order valence-corrected chi connectivity index (χ3v) is 8.24. The summed E-state index contributed by atoms with van der Waals surface area (Å²) in [5, 5.41) is 0. The maximum atomic E-state index is 12.7. The van der Waals surface area contributed by atoms with Gasteiger partial charge in [0, 0.05) is 44.1 Å². The van der Waals surface area contributed by atoms with Gasteiger partial charge in [0.2, 0.25) is 0 Å². The van der Waals surface area contributed by atoms with Crippen molar-refractivity contribution in [1.82, 2.24) is 9.80 Å². The van der Waals surface area contributed by atoms with Crippen LogP contribution in [-0.4, -0.2) is 73.3 Å². The molecule has 0 aromatic heterocycles. The van der Waals surface area contributed by atoms with Crippen LogP contribution in [0.4, 0.5) is 0 Å². The first-order chi connectivity index (χ1) is 11.9. The highest BCUT2D eigenvalue weighted by molar-refractivity contribution is 5.76. The molecule has 5 nitrogen and oxygen atoms in total. The van der Waals surface area contributed by atoms with E-state index in [1.54, 1.807) is 0 Å². The summed E-state index contributed by atoms with van der Waals surface area (Å²) in [4.78, 5) is 17.5. The average molecular weight is 348 g/mol. The van der Waals surface area contributed by atoms with Crippen molar-refractivity contribution in [1.29, 1.82) is 0 Å². The summed E-state index contributed by atoms with van der Waals surface area (Å²) in [7, 11) is 2.17. The largest absolute Gasteiger partial charge is 0.462 e. The molecule has 0 amide bonds. The zero-order valence-corrected chi connectivity index (χ0v) is 15.9. The lowest BCUT2D eigenvalue weighted by molar-refractivity contribution is -0.146. The Balaban J connectivity index is 1.37. The number of rotatable bonds is 2. The van der Waals surface area contributed by atoms with Gasteiger partial charge in [-0.15, -0.1) is 0 Å². The average Bonchev–Trinajstić information content (AvgIpc) is 3.25. The summed E-state index contributed by atoms with van der Waals surface area (Å²) < 4.78 is 12.5. The van der Waals surface area contributed by atoms with Gasteiger partial charge in [0.15, 0.2) is 0 Å². The Morgan fingerprint density at radius 1 is 1.24 bits per heavy atom. The highest BCUT2D eigenvalue weighted by Crippen LogP contribution is 2.70. The summed E-state index contributed by atoms with van der Waals surface area (Å²) >= 11 is 0. The number of hydrogen-bond donors (Lipinski definition) is 0. The van der Waals surface area contributed by atoms with Crippen molar-refractivity contribution in [2.75, 3.05) is 39.8 Å². The van der Waals surface area contributed by atoms with Crippen LogP contribution in [-0.2, 0) is 14.3 Å². The molecule has 0 aromatic carbocycles. The lowest BCUT2D eigenvalue weighted by Crippen LogP contribution is -2.55. The van der Waals surface area contributed by atoms with Crippen LogP contribution in [0.25, 0.3) is 0 Å². The van der Waals surface area contributed by atoms with Gasteiger partial charge in [-0.3, -0.25) is 9.69 Å². The minimum absolute atomic E-state index is 0.0106. The van der Waals surface area contributed by atoms with Gasteiger partial charge in [-0.1, -0.05) is 20.3 Å². The van der Waals surface area contributed by atoms with Gasteiger partial charge in [-0.2, -0.15) is 0 Å². The fourth-order valence-corrected chi connectivity index (χ4v) is 6.75. The van der Waals surface area contributed by atoms with E-state index in [2.05, 4.69) is 30.7 Å². The van der Waals surface area contributed by atoms with E-state index in [0.29, 0.717) is 5.92 Å². The Morgan fingerprint density at radius 3 is 2.76 bits per heavy atom. The van der Waals surface area contributed by atoms with Crippen molar-refractivity contribution in [3.8, 4) is 0 Å². The van der Waals surface area contributed by atoms with Gasteiger partial charge in [0.25, 0.3) is 0 Å². The second-order valence-corrected chi connectivity index (χ2v) is 9.65. The van der Waals surface area contributed by atoms with Gasteiger partial charge in [0.1, 0.15) is 11.7 Å². The zero-order valence-electron chi connectivity index (χ0n) is 15.9. The van der Waals surface area contributed by atoms with E-state index in [1.165, 1.54) is 19.3 Å². The quantitative estimate of drug-likeness (QED) is 0.562. The van der Waals surface area contributed by atoms with Crippen LogP contribution in [0.5, 0.6) is 0 Å². The molecule has 3 aliphatic heterocycles. The second kappa shape index (κ2) is 5.43. The molecule has 140 valence electrons. The summed E-state index contributed by atoms with van der Waals surface area (Å²) in [6.07, 6.45) is 5.10. The highest BCUT2D eigenvalue weighted by Gasteiger charge is 2.78. The molecule has 3 saturated heterocycles. The van der Waals surface area contributed by atoms with E-state index in [-0.39, 0.29) is 41.0 Å². The Hall–Kier alpha value is -0.650. The fraction of sp³-hybridized carbons (Fsp3) is 0.950. The van der Waals surface area contributed by atoms with E-state index < -0.39 is 0 Å². The molecule has 7 unspecified atom stereocenters. The standard InChI is InChI=1S/C20H32N2O3/c1-13-5-4-6-19(2)11-15-16(17-20(13,19)25-17)14(18(23)24-15)12-22-9-7-21(3)8-10-22/h13-17H,4-12H2,1-3H3. The second-order valence-electron chi connectivity index (χ2n) is 9.65. The van der Waals surface area contributed by atoms with Crippen molar-refractivity contribution >= 4 is 5.97 Å². The highest BCUT2D eigenvalue weighted by atomic mass is 16.6. The Kier molecular flexibility index (Phi) is 3.59. The van der Waals surface area contributed by atoms with E-state index in [1.807, 2.05) is 0 Å². The van der Waals surface area contributed by atoms with E-state index in [9.17, 15) is 4.79 Å². The van der Waals surface area contributed by atoms with Crippen LogP contribution in [0.15, 0.2) is 0 Å². The third kappa shape index (κ3) is 2.21. The van der Waals surface area contributed by atoms with Crippen molar-refractivity contribution in [2.24, 2.45) is 23.2 Å². The maximum Gasteiger partial charge on any atom is 0.311 e. The number of carbonyl (C=O) groups excluding carboxylic acids is 1. The molecule has 0 N–H and O–H groups in total. The number of likely N-dealkylation sites (N-methyl/N-ethyl adjacent to an activating group) is 1. The molecule has 0 bridgehead atoms. The van der Waals surface area contributed by atoms with Gasteiger partial charge < -0.3 is 14.4 Å². The van der Waals surface area contributed by atoms with Gasteiger partial charge in [-0.05, 0) is 32.2 Å². The molecular weight excluding hydrogens is 316 g/mol. The minimum atomic E-state index is 0.0106. The summed E-state index contributed by atoms with van der Waals surface area (Å²) in [6.45, 7) is 9.91. The number of hydrogen-bond acceptors (Lipinski definition) is 5.